The molecule has 0 spiro atoms. The van der Waals surface area contributed by atoms with E-state index in [1.165, 1.54) is 6.92 Å². The Balaban J connectivity index is 1.80. The number of carbonyl (C=O) groups excluding carboxylic acids is 1. The van der Waals surface area contributed by atoms with Crippen LogP contribution in [0.3, 0.4) is 0 Å². The van der Waals surface area contributed by atoms with E-state index in [1.54, 1.807) is 41.3 Å². The number of benzene rings is 3. The van der Waals surface area contributed by atoms with Crippen LogP contribution < -0.4 is 10.2 Å². The highest BCUT2D eigenvalue weighted by molar-refractivity contribution is 6.31. The summed E-state index contributed by atoms with van der Waals surface area (Å²) in [6.45, 7) is 2.72. The number of H-pyrrole nitrogens is 1. The Morgan fingerprint density at radius 3 is 2.38 bits per heavy atom. The first-order chi connectivity index (χ1) is 17.8. The van der Waals surface area contributed by atoms with Gasteiger partial charge in [0, 0.05) is 41.7 Å². The van der Waals surface area contributed by atoms with Gasteiger partial charge >= 0.3 is 5.97 Å². The standard InChI is InChI=1S/C28H27ClN4O4/c1-17(34)33(14-13-30-2)22-10-8-21(9-11-22)31-27(19-5-3-18(4-6-19)15-25(35)36)26-23-12-7-20(29)16-24(23)32-28(26)37/h3-12,16,30,32,37H,13-15H2,1-2H3,(H,35,36). The van der Waals surface area contributed by atoms with Crippen molar-refractivity contribution in [2.75, 3.05) is 25.0 Å². The van der Waals surface area contributed by atoms with Crippen LogP contribution >= 0.6 is 11.6 Å². The average Bonchev–Trinajstić information content (AvgIpc) is 3.18. The number of anilines is 1. The summed E-state index contributed by atoms with van der Waals surface area (Å²) in [4.78, 5) is 32.8. The number of carbonyl (C=O) groups is 2. The average molecular weight is 519 g/mol. The summed E-state index contributed by atoms with van der Waals surface area (Å²) in [5.74, 6) is -1.03. The van der Waals surface area contributed by atoms with Gasteiger partial charge in [-0.15, -0.1) is 0 Å². The van der Waals surface area contributed by atoms with Crippen LogP contribution in [-0.2, 0) is 16.0 Å². The molecule has 1 heterocycles. The lowest BCUT2D eigenvalue weighted by Gasteiger charge is -2.21. The lowest BCUT2D eigenvalue weighted by atomic mass is 9.99. The first-order valence-electron chi connectivity index (χ1n) is 11.7. The molecular weight excluding hydrogens is 492 g/mol. The maximum atomic E-state index is 12.1. The molecule has 0 saturated heterocycles. The Labute approximate surface area is 219 Å². The molecule has 0 unspecified atom stereocenters. The van der Waals surface area contributed by atoms with E-state index in [0.717, 1.165) is 11.1 Å². The van der Waals surface area contributed by atoms with Crippen molar-refractivity contribution < 1.29 is 19.8 Å². The number of aliphatic carboxylic acids is 1. The molecule has 4 aromatic rings. The maximum Gasteiger partial charge on any atom is 0.307 e. The lowest BCUT2D eigenvalue weighted by molar-refractivity contribution is -0.136. The van der Waals surface area contributed by atoms with Crippen molar-refractivity contribution >= 4 is 51.5 Å². The van der Waals surface area contributed by atoms with Crippen LogP contribution in [0.2, 0.25) is 5.02 Å². The Hall–Kier alpha value is -4.14. The number of nitrogens with zero attached hydrogens (tertiary/aromatic N) is 2. The summed E-state index contributed by atoms with van der Waals surface area (Å²) in [5.41, 5.74) is 4.39. The van der Waals surface area contributed by atoms with Crippen LogP contribution in [0.15, 0.2) is 71.7 Å². The third-order valence-corrected chi connectivity index (χ3v) is 6.16. The number of aromatic amines is 1. The lowest BCUT2D eigenvalue weighted by Crippen LogP contribution is -2.34. The molecule has 37 heavy (non-hydrogen) atoms. The van der Waals surface area contributed by atoms with E-state index in [9.17, 15) is 14.7 Å². The van der Waals surface area contributed by atoms with Crippen LogP contribution in [0.5, 0.6) is 5.88 Å². The second-order valence-corrected chi connectivity index (χ2v) is 8.99. The summed E-state index contributed by atoms with van der Waals surface area (Å²) in [6, 6.07) is 19.6. The monoisotopic (exact) mass is 518 g/mol. The summed E-state index contributed by atoms with van der Waals surface area (Å²) in [6.07, 6.45) is -0.0920. The molecule has 0 radical (unpaired) electrons. The second kappa shape index (κ2) is 11.3. The van der Waals surface area contributed by atoms with Crippen molar-refractivity contribution in [2.24, 2.45) is 4.99 Å². The van der Waals surface area contributed by atoms with Crippen molar-refractivity contribution in [3.63, 3.8) is 0 Å². The number of likely N-dealkylation sites (N-methyl/N-ethyl adjacent to an activating group) is 1. The second-order valence-electron chi connectivity index (χ2n) is 8.56. The zero-order chi connectivity index (χ0) is 26.5. The predicted octanol–water partition coefficient (Wildman–Crippen LogP) is 4.90. The van der Waals surface area contributed by atoms with Gasteiger partial charge in [-0.2, -0.15) is 0 Å². The molecule has 190 valence electrons. The molecule has 0 fully saturated rings. The number of halogens is 1. The third-order valence-electron chi connectivity index (χ3n) is 5.93. The molecule has 0 bridgehead atoms. The molecule has 1 aromatic heterocycles. The number of fused-ring (bicyclic) bond motifs is 1. The normalized spacial score (nSPS) is 11.6. The molecule has 0 aliphatic heterocycles. The molecule has 0 aliphatic carbocycles. The van der Waals surface area contributed by atoms with Gasteiger partial charge in [-0.3, -0.25) is 9.59 Å². The van der Waals surface area contributed by atoms with Crippen molar-refractivity contribution in [1.29, 1.82) is 0 Å². The molecule has 3 aromatic carbocycles. The summed E-state index contributed by atoms with van der Waals surface area (Å²) < 4.78 is 0. The van der Waals surface area contributed by atoms with E-state index < -0.39 is 5.97 Å². The highest BCUT2D eigenvalue weighted by Gasteiger charge is 2.19. The van der Waals surface area contributed by atoms with Crippen LogP contribution in [0.4, 0.5) is 11.4 Å². The van der Waals surface area contributed by atoms with Gasteiger partial charge in [0.25, 0.3) is 0 Å². The van der Waals surface area contributed by atoms with Crippen molar-refractivity contribution in [3.05, 3.63) is 88.4 Å². The van der Waals surface area contributed by atoms with Gasteiger partial charge in [-0.05, 0) is 49.0 Å². The van der Waals surface area contributed by atoms with Gasteiger partial charge in [0.15, 0.2) is 5.88 Å². The van der Waals surface area contributed by atoms with E-state index in [2.05, 4.69) is 10.3 Å². The van der Waals surface area contributed by atoms with Gasteiger partial charge in [-0.25, -0.2) is 4.99 Å². The molecule has 4 rings (SSSR count). The number of hydrogen-bond donors (Lipinski definition) is 4. The Morgan fingerprint density at radius 1 is 1.05 bits per heavy atom. The van der Waals surface area contributed by atoms with Gasteiger partial charge in [0.2, 0.25) is 5.91 Å². The third kappa shape index (κ3) is 5.99. The Bertz CT molecular complexity index is 1460. The summed E-state index contributed by atoms with van der Waals surface area (Å²) in [7, 11) is 1.83. The molecule has 9 heteroatoms. The van der Waals surface area contributed by atoms with Gasteiger partial charge in [0.05, 0.1) is 28.9 Å². The van der Waals surface area contributed by atoms with E-state index >= 15 is 0 Å². The number of carboxylic acids is 1. The topological polar surface area (TPSA) is 118 Å². The fourth-order valence-electron chi connectivity index (χ4n) is 4.14. The zero-order valence-electron chi connectivity index (χ0n) is 20.5. The quantitative estimate of drug-likeness (QED) is 0.235. The molecule has 4 N–H and O–H groups in total. The highest BCUT2D eigenvalue weighted by atomic mass is 35.5. The van der Waals surface area contributed by atoms with E-state index in [4.69, 9.17) is 21.7 Å². The Kier molecular flexibility index (Phi) is 7.91. The molecule has 8 nitrogen and oxygen atoms in total. The minimum atomic E-state index is -0.915. The first kappa shape index (κ1) is 25.9. The minimum Gasteiger partial charge on any atom is -0.494 e. The number of aromatic hydroxyl groups is 1. The minimum absolute atomic E-state index is 0.0583. The van der Waals surface area contributed by atoms with E-state index in [-0.39, 0.29) is 18.2 Å². The van der Waals surface area contributed by atoms with Crippen LogP contribution in [0.25, 0.3) is 10.9 Å². The van der Waals surface area contributed by atoms with Gasteiger partial charge in [-0.1, -0.05) is 41.9 Å². The van der Waals surface area contributed by atoms with Gasteiger partial charge < -0.3 is 25.4 Å². The highest BCUT2D eigenvalue weighted by Crippen LogP contribution is 2.33. The molecule has 0 saturated carbocycles. The molecule has 0 atom stereocenters. The molecule has 1 amide bonds. The van der Waals surface area contributed by atoms with E-state index in [0.29, 0.717) is 51.7 Å². The smallest absolute Gasteiger partial charge is 0.307 e. The van der Waals surface area contributed by atoms with Crippen molar-refractivity contribution in [1.82, 2.24) is 10.3 Å². The number of nitrogens with one attached hydrogen (secondary N) is 2. The zero-order valence-corrected chi connectivity index (χ0v) is 21.2. The maximum absolute atomic E-state index is 12.1. The largest absolute Gasteiger partial charge is 0.494 e. The number of hydrogen-bond acceptors (Lipinski definition) is 5. The fourth-order valence-corrected chi connectivity index (χ4v) is 4.32. The molecule has 0 aliphatic rings. The fraction of sp³-hybridized carbons (Fsp3) is 0.179. The number of rotatable bonds is 9. The van der Waals surface area contributed by atoms with Crippen molar-refractivity contribution in [3.8, 4) is 5.88 Å². The van der Waals surface area contributed by atoms with Gasteiger partial charge in [0.1, 0.15) is 0 Å². The number of aliphatic imine (C=N–C) groups is 1. The number of amides is 1. The SMILES string of the molecule is CNCCN(C(C)=O)c1ccc(N=C(c2ccc(CC(=O)O)cc2)c2c(O)[nH]c3cc(Cl)ccc23)cc1. The number of aromatic nitrogens is 1. The summed E-state index contributed by atoms with van der Waals surface area (Å²) in [5, 5.41) is 24.3. The predicted molar refractivity (Wildman–Crippen MR) is 146 cm³/mol. The Morgan fingerprint density at radius 2 is 1.76 bits per heavy atom. The number of carboxylic acid groups (broad SMARTS) is 1. The molecular formula is C28H27ClN4O4. The van der Waals surface area contributed by atoms with E-state index in [1.807, 2.05) is 37.4 Å². The first-order valence-corrected chi connectivity index (χ1v) is 12.1. The van der Waals surface area contributed by atoms with Crippen molar-refractivity contribution in [2.45, 2.75) is 13.3 Å². The summed E-state index contributed by atoms with van der Waals surface area (Å²) >= 11 is 6.15. The van der Waals surface area contributed by atoms with Crippen LogP contribution in [0.1, 0.15) is 23.6 Å². The van der Waals surface area contributed by atoms with Crippen LogP contribution in [0, 0.1) is 0 Å². The van der Waals surface area contributed by atoms with Crippen LogP contribution in [-0.4, -0.2) is 52.9 Å².